The van der Waals surface area contributed by atoms with E-state index >= 15 is 0 Å². The molecule has 0 aromatic carbocycles. The molecule has 0 aliphatic heterocycles. The smallest absolute Gasteiger partial charge is 0.0279 e. The van der Waals surface area contributed by atoms with E-state index in [9.17, 15) is 0 Å². The van der Waals surface area contributed by atoms with Gasteiger partial charge in [0.2, 0.25) is 0 Å². The van der Waals surface area contributed by atoms with E-state index in [1.165, 1.54) is 36.8 Å². The van der Waals surface area contributed by atoms with E-state index in [-0.39, 0.29) is 0 Å². The minimum absolute atomic E-state index is 1.18. The summed E-state index contributed by atoms with van der Waals surface area (Å²) in [6.07, 6.45) is 6.96. The minimum Gasteiger partial charge on any atom is -0.0956 e. The van der Waals surface area contributed by atoms with Gasteiger partial charge in [-0.05, 0) is 38.2 Å². The van der Waals surface area contributed by atoms with Gasteiger partial charge >= 0.3 is 0 Å². The second kappa shape index (κ2) is 2.86. The van der Waals surface area contributed by atoms with Gasteiger partial charge in [0.15, 0.2) is 0 Å². The topological polar surface area (TPSA) is 0 Å². The molecule has 0 heterocycles. The molecule has 0 bridgehead atoms. The van der Waals surface area contributed by atoms with Crippen molar-refractivity contribution in [3.8, 4) is 0 Å². The second-order valence-electron chi connectivity index (χ2n) is 2.54. The van der Waals surface area contributed by atoms with Crippen molar-refractivity contribution in [2.75, 3.05) is 0 Å². The van der Waals surface area contributed by atoms with Crippen LogP contribution in [0.4, 0.5) is 0 Å². The molecule has 0 N–H and O–H groups in total. The number of hydrogen-bond acceptors (Lipinski definition) is 0. The molecule has 0 atom stereocenters. The Balaban J connectivity index is 2.60. The fourth-order valence-electron chi connectivity index (χ4n) is 1.24. The maximum absolute atomic E-state index is 3.96. The van der Waals surface area contributed by atoms with Gasteiger partial charge in [-0.2, -0.15) is 0 Å². The lowest BCUT2D eigenvalue weighted by atomic mass is 9.91. The van der Waals surface area contributed by atoms with Crippen LogP contribution in [0.25, 0.3) is 0 Å². The molecule has 1 aliphatic rings. The zero-order valence-electron chi connectivity index (χ0n) is 5.82. The van der Waals surface area contributed by atoms with Crippen molar-refractivity contribution in [2.24, 2.45) is 0 Å². The van der Waals surface area contributed by atoms with Crippen LogP contribution in [0.1, 0.15) is 25.7 Å². The molecule has 0 saturated heterocycles. The Hall–Kier alpha value is -0.520. The quantitative estimate of drug-likeness (QED) is 0.462. The predicted molar refractivity (Wildman–Crippen MR) is 41.0 cm³/mol. The van der Waals surface area contributed by atoms with Crippen LogP contribution >= 0.6 is 0 Å². The van der Waals surface area contributed by atoms with Crippen molar-refractivity contribution in [1.82, 2.24) is 0 Å². The highest BCUT2D eigenvalue weighted by atomic mass is 14.1. The standard InChI is InChI=1S/C9H13/c1-3-9-7-5-4-6-8(9)2/h3H,1-2,4-7H2/b9-3+. The Morgan fingerprint density at radius 3 is 2.33 bits per heavy atom. The Morgan fingerprint density at radius 2 is 1.89 bits per heavy atom. The van der Waals surface area contributed by atoms with Crippen LogP contribution in [0, 0.1) is 6.92 Å². The molecular weight excluding hydrogens is 108 g/mol. The molecule has 0 aromatic rings. The van der Waals surface area contributed by atoms with Crippen molar-refractivity contribution in [1.29, 1.82) is 0 Å². The monoisotopic (exact) mass is 121 g/mol. The van der Waals surface area contributed by atoms with Crippen molar-refractivity contribution >= 4 is 0 Å². The molecule has 1 aliphatic carbocycles. The van der Waals surface area contributed by atoms with Crippen molar-refractivity contribution in [3.05, 3.63) is 30.7 Å². The minimum atomic E-state index is 1.18. The SMILES string of the molecule is [CH2]/C=C1\CCCCC1=C. The molecule has 0 unspecified atom stereocenters. The van der Waals surface area contributed by atoms with E-state index < -0.39 is 0 Å². The number of hydrogen-bond donors (Lipinski definition) is 0. The molecule has 49 valence electrons. The van der Waals surface area contributed by atoms with Gasteiger partial charge in [-0.1, -0.05) is 18.2 Å². The van der Waals surface area contributed by atoms with Gasteiger partial charge in [0.25, 0.3) is 0 Å². The number of allylic oxidation sites excluding steroid dienone is 3. The van der Waals surface area contributed by atoms with Crippen LogP contribution in [0.15, 0.2) is 23.8 Å². The van der Waals surface area contributed by atoms with E-state index in [2.05, 4.69) is 13.5 Å². The summed E-state index contributed by atoms with van der Waals surface area (Å²) in [5, 5.41) is 0. The zero-order chi connectivity index (χ0) is 6.69. The predicted octanol–water partition coefficient (Wildman–Crippen LogP) is 2.88. The Morgan fingerprint density at radius 1 is 1.22 bits per heavy atom. The van der Waals surface area contributed by atoms with Gasteiger partial charge in [-0.25, -0.2) is 0 Å². The van der Waals surface area contributed by atoms with Crippen molar-refractivity contribution in [2.45, 2.75) is 25.7 Å². The van der Waals surface area contributed by atoms with E-state index in [0.29, 0.717) is 0 Å². The molecule has 1 rings (SSSR count). The lowest BCUT2D eigenvalue weighted by Gasteiger charge is -2.15. The molecule has 1 saturated carbocycles. The summed E-state index contributed by atoms with van der Waals surface area (Å²) in [6.45, 7) is 7.70. The largest absolute Gasteiger partial charge is 0.0956 e. The zero-order valence-corrected chi connectivity index (χ0v) is 5.82. The van der Waals surface area contributed by atoms with Crippen LogP contribution in [0.5, 0.6) is 0 Å². The number of rotatable bonds is 0. The maximum atomic E-state index is 3.96. The van der Waals surface area contributed by atoms with E-state index in [4.69, 9.17) is 0 Å². The summed E-state index contributed by atoms with van der Waals surface area (Å²) < 4.78 is 0. The first kappa shape index (κ1) is 6.60. The third-order valence-corrected chi connectivity index (χ3v) is 1.88. The Labute approximate surface area is 57.3 Å². The van der Waals surface area contributed by atoms with Crippen LogP contribution in [-0.4, -0.2) is 0 Å². The van der Waals surface area contributed by atoms with E-state index in [0.717, 1.165) is 0 Å². The summed E-state index contributed by atoms with van der Waals surface area (Å²) in [4.78, 5) is 0. The van der Waals surface area contributed by atoms with Crippen LogP contribution in [0.2, 0.25) is 0 Å². The molecule has 0 nitrogen and oxygen atoms in total. The highest BCUT2D eigenvalue weighted by Crippen LogP contribution is 2.26. The van der Waals surface area contributed by atoms with Gasteiger partial charge in [0.05, 0.1) is 0 Å². The van der Waals surface area contributed by atoms with E-state index in [1.807, 2.05) is 6.08 Å². The van der Waals surface area contributed by atoms with Crippen LogP contribution < -0.4 is 0 Å². The molecule has 0 heteroatoms. The lowest BCUT2D eigenvalue weighted by molar-refractivity contribution is 0.681. The van der Waals surface area contributed by atoms with Gasteiger partial charge in [-0.3, -0.25) is 0 Å². The fraction of sp³-hybridized carbons (Fsp3) is 0.444. The first-order valence-corrected chi connectivity index (χ1v) is 3.51. The summed E-state index contributed by atoms with van der Waals surface area (Å²) in [7, 11) is 0. The molecule has 0 spiro atoms. The highest BCUT2D eigenvalue weighted by Gasteiger charge is 2.06. The lowest BCUT2D eigenvalue weighted by Crippen LogP contribution is -1.96. The van der Waals surface area contributed by atoms with Gasteiger partial charge in [0.1, 0.15) is 0 Å². The summed E-state index contributed by atoms with van der Waals surface area (Å²) in [5.74, 6) is 0. The van der Waals surface area contributed by atoms with Crippen molar-refractivity contribution in [3.63, 3.8) is 0 Å². The van der Waals surface area contributed by atoms with Crippen molar-refractivity contribution < 1.29 is 0 Å². The van der Waals surface area contributed by atoms with Gasteiger partial charge in [-0.15, -0.1) is 0 Å². The highest BCUT2D eigenvalue weighted by molar-refractivity contribution is 5.30. The maximum Gasteiger partial charge on any atom is -0.0279 e. The fourth-order valence-corrected chi connectivity index (χ4v) is 1.24. The van der Waals surface area contributed by atoms with Crippen LogP contribution in [-0.2, 0) is 0 Å². The Bertz CT molecular complexity index is 140. The van der Waals surface area contributed by atoms with Gasteiger partial charge in [0, 0.05) is 0 Å². The van der Waals surface area contributed by atoms with E-state index in [1.54, 1.807) is 0 Å². The molecule has 9 heavy (non-hydrogen) atoms. The molecule has 0 aromatic heterocycles. The third-order valence-electron chi connectivity index (χ3n) is 1.88. The molecule has 0 amide bonds. The normalized spacial score (nSPS) is 25.0. The summed E-state index contributed by atoms with van der Waals surface area (Å²) in [6, 6.07) is 0. The summed E-state index contributed by atoms with van der Waals surface area (Å²) in [5.41, 5.74) is 2.68. The first-order valence-electron chi connectivity index (χ1n) is 3.51. The molecular formula is C9H13. The van der Waals surface area contributed by atoms with Gasteiger partial charge < -0.3 is 0 Å². The second-order valence-corrected chi connectivity index (χ2v) is 2.54. The first-order chi connectivity index (χ1) is 4.34. The average Bonchev–Trinajstić information content (AvgIpc) is 1.89. The summed E-state index contributed by atoms with van der Waals surface area (Å²) >= 11 is 0. The third kappa shape index (κ3) is 1.44. The Kier molecular flexibility index (Phi) is 2.10. The van der Waals surface area contributed by atoms with Crippen LogP contribution in [0.3, 0.4) is 0 Å². The molecule has 1 radical (unpaired) electrons. The average molecular weight is 121 g/mol. The molecule has 1 fully saturated rings.